The molecule has 116 valence electrons. The predicted octanol–water partition coefficient (Wildman–Crippen LogP) is 2.02. The molecule has 0 saturated heterocycles. The molecule has 1 N–H and O–H groups in total. The van der Waals surface area contributed by atoms with Gasteiger partial charge in [0, 0.05) is 25.7 Å². The van der Waals surface area contributed by atoms with Crippen LogP contribution in [0.3, 0.4) is 0 Å². The van der Waals surface area contributed by atoms with Gasteiger partial charge in [-0.2, -0.15) is 0 Å². The standard InChI is InChI=1S/C16H18N2O3S/c1-18(14-8-4-2-5-9-14)16(19)12-13-17-22(20,21)15-10-6-3-7-11-15/h2-11,17H,12-13H2,1H3. The number of sulfonamides is 1. The number of rotatable bonds is 6. The summed E-state index contributed by atoms with van der Waals surface area (Å²) in [6.07, 6.45) is 0.0947. The summed E-state index contributed by atoms with van der Waals surface area (Å²) in [5, 5.41) is 0. The first-order valence-electron chi connectivity index (χ1n) is 6.87. The molecule has 1 amide bonds. The second kappa shape index (κ2) is 7.20. The van der Waals surface area contributed by atoms with Gasteiger partial charge in [0.15, 0.2) is 0 Å². The monoisotopic (exact) mass is 318 g/mol. The van der Waals surface area contributed by atoms with Crippen molar-refractivity contribution in [2.24, 2.45) is 0 Å². The van der Waals surface area contributed by atoms with Crippen molar-refractivity contribution < 1.29 is 13.2 Å². The lowest BCUT2D eigenvalue weighted by atomic mass is 10.3. The lowest BCUT2D eigenvalue weighted by Crippen LogP contribution is -2.32. The number of anilines is 1. The molecule has 2 aromatic rings. The van der Waals surface area contributed by atoms with Crippen LogP contribution in [0.5, 0.6) is 0 Å². The fraction of sp³-hybridized carbons (Fsp3) is 0.188. The summed E-state index contributed by atoms with van der Waals surface area (Å²) < 4.78 is 26.5. The molecule has 0 unspecified atom stereocenters. The first-order chi connectivity index (χ1) is 10.5. The van der Waals surface area contributed by atoms with Crippen molar-refractivity contribution in [2.45, 2.75) is 11.3 Å². The van der Waals surface area contributed by atoms with Gasteiger partial charge in [0.25, 0.3) is 0 Å². The van der Waals surface area contributed by atoms with Crippen molar-refractivity contribution in [1.82, 2.24) is 4.72 Å². The van der Waals surface area contributed by atoms with Crippen LogP contribution in [0, 0.1) is 0 Å². The minimum atomic E-state index is -3.57. The highest BCUT2D eigenvalue weighted by molar-refractivity contribution is 7.89. The summed E-state index contributed by atoms with van der Waals surface area (Å²) in [5.74, 6) is -0.151. The summed E-state index contributed by atoms with van der Waals surface area (Å²) >= 11 is 0. The number of benzene rings is 2. The van der Waals surface area contributed by atoms with E-state index >= 15 is 0 Å². The van der Waals surface area contributed by atoms with Gasteiger partial charge in [-0.1, -0.05) is 36.4 Å². The number of amides is 1. The summed E-state index contributed by atoms with van der Waals surface area (Å²) in [7, 11) is -1.90. The van der Waals surface area contributed by atoms with Crippen molar-refractivity contribution in [2.75, 3.05) is 18.5 Å². The molecule has 0 aromatic heterocycles. The molecule has 0 spiro atoms. The van der Waals surface area contributed by atoms with Gasteiger partial charge in [-0.15, -0.1) is 0 Å². The molecule has 0 aliphatic heterocycles. The zero-order chi connectivity index (χ0) is 16.0. The van der Waals surface area contributed by atoms with Crippen LogP contribution in [-0.2, 0) is 14.8 Å². The van der Waals surface area contributed by atoms with Gasteiger partial charge in [-0.3, -0.25) is 4.79 Å². The van der Waals surface area contributed by atoms with Crippen LogP contribution < -0.4 is 9.62 Å². The van der Waals surface area contributed by atoms with Crippen molar-refractivity contribution in [3.8, 4) is 0 Å². The molecule has 0 radical (unpaired) electrons. The maximum absolute atomic E-state index is 12.1. The number of hydrogen-bond acceptors (Lipinski definition) is 3. The van der Waals surface area contributed by atoms with Gasteiger partial charge in [0.05, 0.1) is 4.90 Å². The maximum atomic E-state index is 12.1. The summed E-state index contributed by atoms with van der Waals surface area (Å²) in [5.41, 5.74) is 0.776. The molecule has 2 rings (SSSR count). The third-order valence-corrected chi connectivity index (χ3v) is 4.68. The van der Waals surface area contributed by atoms with Crippen LogP contribution >= 0.6 is 0 Å². The first kappa shape index (κ1) is 16.2. The summed E-state index contributed by atoms with van der Waals surface area (Å²) in [6, 6.07) is 17.3. The SMILES string of the molecule is CN(C(=O)CCNS(=O)(=O)c1ccccc1)c1ccccc1. The van der Waals surface area contributed by atoms with E-state index in [9.17, 15) is 13.2 Å². The van der Waals surface area contributed by atoms with E-state index < -0.39 is 10.0 Å². The molecule has 0 aliphatic carbocycles. The molecule has 2 aromatic carbocycles. The zero-order valence-electron chi connectivity index (χ0n) is 12.3. The van der Waals surface area contributed by atoms with Crippen LogP contribution in [0.25, 0.3) is 0 Å². The normalized spacial score (nSPS) is 11.1. The molecule has 6 heteroatoms. The fourth-order valence-corrected chi connectivity index (χ4v) is 2.99. The molecule has 0 saturated carbocycles. The Balaban J connectivity index is 1.90. The van der Waals surface area contributed by atoms with Crippen molar-refractivity contribution in [3.63, 3.8) is 0 Å². The van der Waals surface area contributed by atoms with Gasteiger partial charge in [0.1, 0.15) is 0 Å². The first-order valence-corrected chi connectivity index (χ1v) is 8.35. The van der Waals surface area contributed by atoms with E-state index in [-0.39, 0.29) is 23.8 Å². The molecule has 22 heavy (non-hydrogen) atoms. The van der Waals surface area contributed by atoms with Crippen LogP contribution in [0.1, 0.15) is 6.42 Å². The van der Waals surface area contributed by atoms with Crippen LogP contribution in [0.4, 0.5) is 5.69 Å². The number of para-hydroxylation sites is 1. The molecule has 0 fully saturated rings. The van der Waals surface area contributed by atoms with Gasteiger partial charge in [0.2, 0.25) is 15.9 Å². The van der Waals surface area contributed by atoms with E-state index in [0.29, 0.717) is 0 Å². The number of hydrogen-bond donors (Lipinski definition) is 1. The summed E-state index contributed by atoms with van der Waals surface area (Å²) in [6.45, 7) is 0.0627. The Morgan fingerprint density at radius 1 is 1.00 bits per heavy atom. The number of nitrogens with zero attached hydrogens (tertiary/aromatic N) is 1. The molecular weight excluding hydrogens is 300 g/mol. The Hall–Kier alpha value is -2.18. The second-order valence-corrected chi connectivity index (χ2v) is 6.52. The van der Waals surface area contributed by atoms with E-state index in [1.165, 1.54) is 17.0 Å². The topological polar surface area (TPSA) is 66.5 Å². The van der Waals surface area contributed by atoms with Crippen LogP contribution in [0.15, 0.2) is 65.6 Å². The molecule has 0 aliphatic rings. The Morgan fingerprint density at radius 2 is 1.55 bits per heavy atom. The quantitative estimate of drug-likeness (QED) is 0.886. The average Bonchev–Trinajstić information content (AvgIpc) is 2.55. The Morgan fingerprint density at radius 3 is 2.14 bits per heavy atom. The average molecular weight is 318 g/mol. The van der Waals surface area contributed by atoms with E-state index in [2.05, 4.69) is 4.72 Å². The number of carbonyl (C=O) groups is 1. The Kier molecular flexibility index (Phi) is 5.30. The Labute approximate surface area is 130 Å². The smallest absolute Gasteiger partial charge is 0.240 e. The van der Waals surface area contributed by atoms with Crippen LogP contribution in [0.2, 0.25) is 0 Å². The van der Waals surface area contributed by atoms with Gasteiger partial charge in [-0.25, -0.2) is 13.1 Å². The maximum Gasteiger partial charge on any atom is 0.240 e. The number of carbonyl (C=O) groups excluding carboxylic acids is 1. The third-order valence-electron chi connectivity index (χ3n) is 3.20. The fourth-order valence-electron chi connectivity index (χ4n) is 1.94. The zero-order valence-corrected chi connectivity index (χ0v) is 13.1. The van der Waals surface area contributed by atoms with E-state index in [1.54, 1.807) is 25.2 Å². The largest absolute Gasteiger partial charge is 0.315 e. The van der Waals surface area contributed by atoms with Crippen molar-refractivity contribution >= 4 is 21.6 Å². The minimum absolute atomic E-state index is 0.0627. The second-order valence-electron chi connectivity index (χ2n) is 4.75. The molecular formula is C16H18N2O3S. The Bertz CT molecular complexity index is 716. The molecule has 0 bridgehead atoms. The third kappa shape index (κ3) is 4.16. The number of nitrogens with one attached hydrogen (secondary N) is 1. The molecule has 5 nitrogen and oxygen atoms in total. The lowest BCUT2D eigenvalue weighted by Gasteiger charge is -2.17. The summed E-state index contributed by atoms with van der Waals surface area (Å²) in [4.78, 5) is 13.8. The highest BCUT2D eigenvalue weighted by Gasteiger charge is 2.15. The van der Waals surface area contributed by atoms with E-state index in [1.807, 2.05) is 30.3 Å². The minimum Gasteiger partial charge on any atom is -0.315 e. The molecule has 0 heterocycles. The molecule has 0 atom stereocenters. The van der Waals surface area contributed by atoms with Crippen LogP contribution in [-0.4, -0.2) is 27.9 Å². The van der Waals surface area contributed by atoms with E-state index in [4.69, 9.17) is 0 Å². The van der Waals surface area contributed by atoms with Gasteiger partial charge < -0.3 is 4.90 Å². The van der Waals surface area contributed by atoms with Crippen molar-refractivity contribution in [1.29, 1.82) is 0 Å². The highest BCUT2D eigenvalue weighted by Crippen LogP contribution is 2.12. The predicted molar refractivity (Wildman–Crippen MR) is 86.1 cm³/mol. The lowest BCUT2D eigenvalue weighted by molar-refractivity contribution is -0.118. The van der Waals surface area contributed by atoms with E-state index in [0.717, 1.165) is 5.69 Å². The van der Waals surface area contributed by atoms with Gasteiger partial charge in [-0.05, 0) is 24.3 Å². The van der Waals surface area contributed by atoms with Gasteiger partial charge >= 0.3 is 0 Å². The van der Waals surface area contributed by atoms with Crippen molar-refractivity contribution in [3.05, 3.63) is 60.7 Å². The highest BCUT2D eigenvalue weighted by atomic mass is 32.2.